The van der Waals surface area contributed by atoms with E-state index in [4.69, 9.17) is 0 Å². The summed E-state index contributed by atoms with van der Waals surface area (Å²) in [5.41, 5.74) is 4.55. The number of aromatic nitrogens is 4. The summed E-state index contributed by atoms with van der Waals surface area (Å²) in [6, 6.07) is 22.0. The number of imidazole rings is 1. The first-order chi connectivity index (χ1) is 18.9. The van der Waals surface area contributed by atoms with Gasteiger partial charge in [0, 0.05) is 11.9 Å². The number of rotatable bonds is 6. The molecule has 8 nitrogen and oxygen atoms in total. The molecule has 1 aliphatic heterocycles. The van der Waals surface area contributed by atoms with Gasteiger partial charge >= 0.3 is 5.91 Å². The van der Waals surface area contributed by atoms with Crippen molar-refractivity contribution in [2.75, 3.05) is 4.90 Å². The molecule has 0 bridgehead atoms. The molecular weight excluding hydrogens is 530 g/mol. The van der Waals surface area contributed by atoms with E-state index in [0.29, 0.717) is 37.8 Å². The zero-order valence-corrected chi connectivity index (χ0v) is 22.7. The zero-order chi connectivity index (χ0) is 27.1. The number of Topliss-reactive ketones (excluding diaryl/α,β-unsaturated/α-hetero) is 1. The van der Waals surface area contributed by atoms with Crippen molar-refractivity contribution in [1.82, 2.24) is 19.6 Å². The van der Waals surface area contributed by atoms with Crippen molar-refractivity contribution < 1.29 is 14.7 Å². The molecule has 1 aliphatic rings. The Morgan fingerprint density at radius 2 is 1.72 bits per heavy atom. The summed E-state index contributed by atoms with van der Waals surface area (Å²) in [6.45, 7) is 3.81. The topological polar surface area (TPSA) is 101 Å². The summed E-state index contributed by atoms with van der Waals surface area (Å²) in [5.74, 6) is -1.12. The van der Waals surface area contributed by atoms with Gasteiger partial charge in [-0.25, -0.2) is 4.98 Å². The van der Waals surface area contributed by atoms with E-state index in [9.17, 15) is 14.7 Å². The first kappa shape index (κ1) is 25.0. The van der Waals surface area contributed by atoms with Crippen LogP contribution in [-0.4, -0.2) is 36.4 Å². The third kappa shape index (κ3) is 4.51. The third-order valence-electron chi connectivity index (χ3n) is 6.57. The fourth-order valence-corrected chi connectivity index (χ4v) is 6.52. The van der Waals surface area contributed by atoms with E-state index in [2.05, 4.69) is 39.4 Å². The van der Waals surface area contributed by atoms with Crippen LogP contribution in [0.15, 0.2) is 88.9 Å². The highest BCUT2D eigenvalue weighted by molar-refractivity contribution is 8.00. The van der Waals surface area contributed by atoms with E-state index in [1.165, 1.54) is 33.6 Å². The summed E-state index contributed by atoms with van der Waals surface area (Å²) in [7, 11) is 0. The molecule has 5 aromatic rings. The number of fused-ring (bicyclic) bond motifs is 1. The summed E-state index contributed by atoms with van der Waals surface area (Å²) < 4.78 is 2.39. The molecule has 39 heavy (non-hydrogen) atoms. The highest BCUT2D eigenvalue weighted by atomic mass is 32.2. The second kappa shape index (κ2) is 10.1. The van der Waals surface area contributed by atoms with Crippen LogP contribution in [-0.2, 0) is 15.3 Å². The number of aliphatic hydroxyl groups is 1. The van der Waals surface area contributed by atoms with Gasteiger partial charge in [0.2, 0.25) is 5.13 Å². The minimum atomic E-state index is -0.872. The van der Waals surface area contributed by atoms with Gasteiger partial charge < -0.3 is 5.11 Å². The predicted molar refractivity (Wildman–Crippen MR) is 152 cm³/mol. The Morgan fingerprint density at radius 1 is 0.974 bits per heavy atom. The second-order valence-electron chi connectivity index (χ2n) is 9.18. The Balaban J connectivity index is 1.42. The van der Waals surface area contributed by atoms with E-state index >= 15 is 0 Å². The van der Waals surface area contributed by atoms with Crippen LogP contribution in [0.1, 0.15) is 34.1 Å². The van der Waals surface area contributed by atoms with Crippen molar-refractivity contribution in [3.8, 4) is 0 Å². The van der Waals surface area contributed by atoms with Crippen molar-refractivity contribution >= 4 is 51.3 Å². The first-order valence-electron chi connectivity index (χ1n) is 12.2. The lowest BCUT2D eigenvalue weighted by atomic mass is 9.96. The molecule has 194 valence electrons. The molecule has 0 aliphatic carbocycles. The molecule has 1 saturated heterocycles. The number of carbonyl (C=O) groups is 2. The monoisotopic (exact) mass is 553 g/mol. The summed E-state index contributed by atoms with van der Waals surface area (Å²) in [5, 5.41) is 20.5. The predicted octanol–water partition coefficient (Wildman–Crippen LogP) is 5.72. The van der Waals surface area contributed by atoms with Crippen molar-refractivity contribution in [3.05, 3.63) is 113 Å². The number of hydrogen-bond donors (Lipinski definition) is 1. The Bertz CT molecular complexity index is 1740. The van der Waals surface area contributed by atoms with Crippen LogP contribution < -0.4 is 4.90 Å². The maximum atomic E-state index is 13.5. The summed E-state index contributed by atoms with van der Waals surface area (Å²) in [6.07, 6.45) is 1.76. The fraction of sp³-hybridized carbons (Fsp3) is 0.138. The molecule has 1 N–H and O–H groups in total. The Hall–Kier alpha value is -4.28. The van der Waals surface area contributed by atoms with Crippen LogP contribution in [0.5, 0.6) is 0 Å². The number of pyridine rings is 1. The lowest BCUT2D eigenvalue weighted by Gasteiger charge is -2.22. The smallest absolute Gasteiger partial charge is 0.301 e. The number of benzene rings is 2. The largest absolute Gasteiger partial charge is 0.505 e. The van der Waals surface area contributed by atoms with Crippen molar-refractivity contribution in [2.45, 2.75) is 30.0 Å². The van der Waals surface area contributed by atoms with Crippen LogP contribution in [0.3, 0.4) is 0 Å². The third-order valence-corrected chi connectivity index (χ3v) is 8.70. The molecule has 10 heteroatoms. The molecule has 0 saturated carbocycles. The lowest BCUT2D eigenvalue weighted by Crippen LogP contribution is -2.29. The number of thioether (sulfide) groups is 1. The molecule has 3 aromatic heterocycles. The van der Waals surface area contributed by atoms with Gasteiger partial charge in [-0.3, -0.25) is 18.9 Å². The molecule has 2 aromatic carbocycles. The van der Waals surface area contributed by atoms with Crippen LogP contribution >= 0.6 is 23.1 Å². The summed E-state index contributed by atoms with van der Waals surface area (Å²) >= 11 is 2.76. The van der Waals surface area contributed by atoms with Crippen LogP contribution in [0.25, 0.3) is 11.4 Å². The van der Waals surface area contributed by atoms with Gasteiger partial charge in [0.05, 0.1) is 17.3 Å². The SMILES string of the molecule is Cc1ccc(CSc2nnc(N3C(=O)C(=O)C(=C(O)c4c(C)nc5ccccn45)C3c3ccccc3)s2)cc1. The average molecular weight is 554 g/mol. The van der Waals surface area contributed by atoms with Gasteiger partial charge in [0.25, 0.3) is 5.78 Å². The van der Waals surface area contributed by atoms with Crippen LogP contribution in [0.2, 0.25) is 0 Å². The van der Waals surface area contributed by atoms with Gasteiger partial charge in [-0.05, 0) is 37.1 Å². The maximum Gasteiger partial charge on any atom is 0.301 e. The Morgan fingerprint density at radius 3 is 2.49 bits per heavy atom. The molecular formula is C29H23N5O3S2. The van der Waals surface area contributed by atoms with Gasteiger partial charge in [0.15, 0.2) is 10.1 Å². The molecule has 1 unspecified atom stereocenters. The number of anilines is 1. The second-order valence-corrected chi connectivity index (χ2v) is 11.4. The van der Waals surface area contributed by atoms with Crippen LogP contribution in [0.4, 0.5) is 5.13 Å². The quantitative estimate of drug-likeness (QED) is 0.0943. The molecule has 4 heterocycles. The number of aryl methyl sites for hydroxylation is 2. The molecule has 1 fully saturated rings. The van der Waals surface area contributed by atoms with Crippen molar-refractivity contribution in [1.29, 1.82) is 0 Å². The van der Waals surface area contributed by atoms with Crippen molar-refractivity contribution in [3.63, 3.8) is 0 Å². The number of nitrogens with zero attached hydrogens (tertiary/aromatic N) is 5. The van der Waals surface area contributed by atoms with Crippen LogP contribution in [0, 0.1) is 13.8 Å². The Kier molecular flexibility index (Phi) is 6.49. The minimum Gasteiger partial charge on any atom is -0.505 e. The van der Waals surface area contributed by atoms with E-state index in [1.54, 1.807) is 17.5 Å². The number of carbonyl (C=O) groups excluding carboxylic acids is 2. The first-order valence-corrected chi connectivity index (χ1v) is 14.0. The minimum absolute atomic E-state index is 0.0102. The lowest BCUT2D eigenvalue weighted by molar-refractivity contribution is -0.132. The van der Waals surface area contributed by atoms with Gasteiger partial charge in [-0.2, -0.15) is 0 Å². The van der Waals surface area contributed by atoms with E-state index < -0.39 is 17.7 Å². The normalized spacial score (nSPS) is 16.9. The Labute approximate surface area is 232 Å². The number of hydrogen-bond acceptors (Lipinski definition) is 8. The number of aliphatic hydroxyl groups excluding tert-OH is 1. The van der Waals surface area contributed by atoms with E-state index in [0.717, 1.165) is 5.56 Å². The zero-order valence-electron chi connectivity index (χ0n) is 21.1. The molecule has 1 atom stereocenters. The van der Waals surface area contributed by atoms with Gasteiger partial charge in [-0.1, -0.05) is 89.3 Å². The molecule has 0 spiro atoms. The van der Waals surface area contributed by atoms with Crippen molar-refractivity contribution in [2.24, 2.45) is 0 Å². The van der Waals surface area contributed by atoms with Gasteiger partial charge in [-0.15, -0.1) is 10.2 Å². The highest BCUT2D eigenvalue weighted by Crippen LogP contribution is 2.44. The average Bonchev–Trinajstić information content (AvgIpc) is 3.62. The van der Waals surface area contributed by atoms with E-state index in [-0.39, 0.29) is 11.3 Å². The highest BCUT2D eigenvalue weighted by Gasteiger charge is 2.48. The standard InChI is InChI=1S/C29H23N5O3S2/c1-17-11-13-19(14-12-17)16-38-29-32-31-28(39-29)34-24(20-8-4-3-5-9-20)22(26(36)27(34)37)25(35)23-18(2)30-21-10-6-7-15-33(21)23/h3-15,24,35H,16H2,1-2H3. The number of amides is 1. The van der Waals surface area contributed by atoms with Gasteiger partial charge in [0.1, 0.15) is 11.3 Å². The summed E-state index contributed by atoms with van der Waals surface area (Å²) in [4.78, 5) is 32.9. The number of ketones is 1. The fourth-order valence-electron chi connectivity index (χ4n) is 4.69. The molecule has 6 rings (SSSR count). The maximum absolute atomic E-state index is 13.5. The molecule has 1 amide bonds. The molecule has 0 radical (unpaired) electrons. The van der Waals surface area contributed by atoms with E-state index in [1.807, 2.05) is 55.5 Å².